The fourth-order valence-electron chi connectivity index (χ4n) is 2.40. The highest BCUT2D eigenvalue weighted by molar-refractivity contribution is 5.96. The van der Waals surface area contributed by atoms with Crippen LogP contribution < -0.4 is 16.0 Å². The van der Waals surface area contributed by atoms with Crippen LogP contribution in [0.15, 0.2) is 42.5 Å². The fraction of sp³-hybridized carbons (Fsp3) is 0.333. The summed E-state index contributed by atoms with van der Waals surface area (Å²) >= 11 is 0. The minimum atomic E-state index is -0.278. The first-order valence-electron chi connectivity index (χ1n) is 8.67. The molecule has 2 amide bonds. The molecule has 5 heteroatoms. The molecule has 0 aromatic heterocycles. The average Bonchev–Trinajstić information content (AvgIpc) is 2.55. The quantitative estimate of drug-likeness (QED) is 0.764. The van der Waals surface area contributed by atoms with Gasteiger partial charge in [0.15, 0.2) is 0 Å². The number of nitrogens with one attached hydrogen (secondary N) is 3. The highest BCUT2D eigenvalue weighted by Crippen LogP contribution is 2.16. The molecule has 2 rings (SSSR count). The van der Waals surface area contributed by atoms with Gasteiger partial charge in [-0.1, -0.05) is 12.1 Å². The van der Waals surface area contributed by atoms with E-state index >= 15 is 0 Å². The van der Waals surface area contributed by atoms with Crippen LogP contribution in [0.3, 0.4) is 0 Å². The summed E-state index contributed by atoms with van der Waals surface area (Å²) in [6.07, 6.45) is 0. The summed E-state index contributed by atoms with van der Waals surface area (Å²) in [5.74, 6) is -0.232. The highest BCUT2D eigenvalue weighted by Gasteiger charge is 2.15. The third-order valence-corrected chi connectivity index (χ3v) is 3.76. The summed E-state index contributed by atoms with van der Waals surface area (Å²) in [6.45, 7) is 9.93. The predicted molar refractivity (Wildman–Crippen MR) is 107 cm³/mol. The third-order valence-electron chi connectivity index (χ3n) is 3.76. The monoisotopic (exact) mass is 353 g/mol. The number of aryl methyl sites for hydroxylation is 2. The Hall–Kier alpha value is -2.82. The molecule has 0 saturated heterocycles. The van der Waals surface area contributed by atoms with E-state index in [-0.39, 0.29) is 23.9 Å². The Balaban J connectivity index is 1.90. The third kappa shape index (κ3) is 5.92. The van der Waals surface area contributed by atoms with E-state index in [1.54, 1.807) is 24.3 Å². The van der Waals surface area contributed by atoms with Gasteiger partial charge in [-0.3, -0.25) is 9.59 Å². The number of amides is 2. The van der Waals surface area contributed by atoms with Gasteiger partial charge < -0.3 is 16.0 Å². The van der Waals surface area contributed by atoms with Crippen LogP contribution in [0, 0.1) is 13.8 Å². The van der Waals surface area contributed by atoms with Crippen LogP contribution >= 0.6 is 0 Å². The van der Waals surface area contributed by atoms with E-state index in [1.165, 1.54) is 0 Å². The molecular formula is C21H27N3O2. The Morgan fingerprint density at radius 3 is 2.23 bits per heavy atom. The van der Waals surface area contributed by atoms with Gasteiger partial charge in [-0.05, 0) is 76.1 Å². The number of hydrogen-bond donors (Lipinski definition) is 3. The summed E-state index contributed by atoms with van der Waals surface area (Å²) in [5, 5.41) is 8.90. The van der Waals surface area contributed by atoms with Crippen molar-refractivity contribution in [2.75, 3.05) is 17.2 Å². The minimum absolute atomic E-state index is 0.114. The fourth-order valence-corrected chi connectivity index (χ4v) is 2.40. The molecule has 0 fully saturated rings. The lowest BCUT2D eigenvalue weighted by atomic mass is 10.1. The van der Waals surface area contributed by atoms with E-state index < -0.39 is 0 Å². The Labute approximate surface area is 155 Å². The molecule has 0 radical (unpaired) electrons. The lowest BCUT2D eigenvalue weighted by molar-refractivity contribution is -0.114. The average molecular weight is 353 g/mol. The van der Waals surface area contributed by atoms with Gasteiger partial charge >= 0.3 is 0 Å². The van der Waals surface area contributed by atoms with Crippen molar-refractivity contribution in [1.82, 2.24) is 5.32 Å². The molecule has 0 aliphatic carbocycles. The van der Waals surface area contributed by atoms with Crippen LogP contribution in [0.5, 0.6) is 0 Å². The Bertz CT molecular complexity index is 790. The van der Waals surface area contributed by atoms with E-state index in [2.05, 4.69) is 16.0 Å². The first-order chi connectivity index (χ1) is 12.1. The molecule has 26 heavy (non-hydrogen) atoms. The van der Waals surface area contributed by atoms with Crippen LogP contribution in [0.25, 0.3) is 0 Å². The molecule has 3 N–H and O–H groups in total. The van der Waals surface area contributed by atoms with Crippen molar-refractivity contribution in [1.29, 1.82) is 0 Å². The van der Waals surface area contributed by atoms with Crippen LogP contribution in [0.4, 0.5) is 11.4 Å². The van der Waals surface area contributed by atoms with Crippen LogP contribution in [0.2, 0.25) is 0 Å². The SMILES string of the molecule is Cc1ccc(C)c(NC(=O)CNc2ccc(C(=O)NC(C)(C)C)cc2)c1. The topological polar surface area (TPSA) is 70.2 Å². The predicted octanol–water partition coefficient (Wildman–Crippen LogP) is 3.88. The number of anilines is 2. The Morgan fingerprint density at radius 2 is 1.62 bits per heavy atom. The maximum absolute atomic E-state index is 12.1. The molecular weight excluding hydrogens is 326 g/mol. The number of hydrogen-bond acceptors (Lipinski definition) is 3. The second-order valence-electron chi connectivity index (χ2n) is 7.50. The van der Waals surface area contributed by atoms with E-state index in [4.69, 9.17) is 0 Å². The van der Waals surface area contributed by atoms with Gasteiger partial charge in [0, 0.05) is 22.5 Å². The van der Waals surface area contributed by atoms with Crippen molar-refractivity contribution in [2.45, 2.75) is 40.2 Å². The van der Waals surface area contributed by atoms with Gasteiger partial charge in [-0.15, -0.1) is 0 Å². The molecule has 0 saturated carbocycles. The smallest absolute Gasteiger partial charge is 0.251 e. The molecule has 138 valence electrons. The lowest BCUT2D eigenvalue weighted by Crippen LogP contribution is -2.40. The highest BCUT2D eigenvalue weighted by atomic mass is 16.2. The summed E-state index contributed by atoms with van der Waals surface area (Å²) in [5.41, 5.74) is 4.05. The summed E-state index contributed by atoms with van der Waals surface area (Å²) in [7, 11) is 0. The largest absolute Gasteiger partial charge is 0.376 e. The molecule has 2 aromatic carbocycles. The normalized spacial score (nSPS) is 11.0. The van der Waals surface area contributed by atoms with Crippen molar-refractivity contribution in [3.8, 4) is 0 Å². The minimum Gasteiger partial charge on any atom is -0.376 e. The molecule has 0 atom stereocenters. The van der Waals surface area contributed by atoms with Crippen molar-refractivity contribution < 1.29 is 9.59 Å². The van der Waals surface area contributed by atoms with Gasteiger partial charge in [0.1, 0.15) is 0 Å². The van der Waals surface area contributed by atoms with Gasteiger partial charge in [-0.2, -0.15) is 0 Å². The van der Waals surface area contributed by atoms with Crippen molar-refractivity contribution in [3.63, 3.8) is 0 Å². The van der Waals surface area contributed by atoms with Crippen LogP contribution in [0.1, 0.15) is 42.3 Å². The molecule has 0 bridgehead atoms. The van der Waals surface area contributed by atoms with Gasteiger partial charge in [-0.25, -0.2) is 0 Å². The van der Waals surface area contributed by atoms with E-state index in [9.17, 15) is 9.59 Å². The van der Waals surface area contributed by atoms with Crippen molar-refractivity contribution in [2.24, 2.45) is 0 Å². The van der Waals surface area contributed by atoms with Crippen molar-refractivity contribution >= 4 is 23.2 Å². The Morgan fingerprint density at radius 1 is 0.962 bits per heavy atom. The number of carbonyl (C=O) groups is 2. The lowest BCUT2D eigenvalue weighted by Gasteiger charge is -2.20. The number of rotatable bonds is 5. The maximum Gasteiger partial charge on any atom is 0.251 e. The second-order valence-corrected chi connectivity index (χ2v) is 7.50. The molecule has 0 unspecified atom stereocenters. The van der Waals surface area contributed by atoms with Gasteiger partial charge in [0.25, 0.3) is 5.91 Å². The Kier molecular flexibility index (Phi) is 6.03. The van der Waals surface area contributed by atoms with E-state index in [0.29, 0.717) is 5.56 Å². The van der Waals surface area contributed by atoms with Crippen LogP contribution in [-0.4, -0.2) is 23.9 Å². The molecule has 0 heterocycles. The zero-order valence-corrected chi connectivity index (χ0v) is 16.1. The zero-order chi connectivity index (χ0) is 19.3. The van der Waals surface area contributed by atoms with E-state index in [1.807, 2.05) is 52.8 Å². The van der Waals surface area contributed by atoms with Crippen LogP contribution in [-0.2, 0) is 4.79 Å². The standard InChI is InChI=1S/C21H27N3O2/c1-14-6-7-15(2)18(12-14)23-19(25)13-22-17-10-8-16(9-11-17)20(26)24-21(3,4)5/h6-12,22H,13H2,1-5H3,(H,23,25)(H,24,26). The molecule has 0 aliphatic heterocycles. The second kappa shape index (κ2) is 8.04. The van der Waals surface area contributed by atoms with E-state index in [0.717, 1.165) is 22.5 Å². The molecule has 0 spiro atoms. The van der Waals surface area contributed by atoms with Crippen molar-refractivity contribution in [3.05, 3.63) is 59.2 Å². The zero-order valence-electron chi connectivity index (χ0n) is 16.1. The molecule has 2 aromatic rings. The molecule has 0 aliphatic rings. The number of carbonyl (C=O) groups excluding carboxylic acids is 2. The summed E-state index contributed by atoms with van der Waals surface area (Å²) in [6, 6.07) is 13.0. The van der Waals surface area contributed by atoms with Gasteiger partial charge in [0.05, 0.1) is 6.54 Å². The summed E-state index contributed by atoms with van der Waals surface area (Å²) < 4.78 is 0. The van der Waals surface area contributed by atoms with Gasteiger partial charge in [0.2, 0.25) is 5.91 Å². The number of benzene rings is 2. The first kappa shape index (κ1) is 19.5. The first-order valence-corrected chi connectivity index (χ1v) is 8.67. The summed E-state index contributed by atoms with van der Waals surface area (Å²) in [4.78, 5) is 24.2. The molecule has 5 nitrogen and oxygen atoms in total. The maximum atomic E-state index is 12.1.